The fourth-order valence-electron chi connectivity index (χ4n) is 17.1. The van der Waals surface area contributed by atoms with Crippen LogP contribution in [0.15, 0.2) is 340 Å². The predicted molar refractivity (Wildman–Crippen MR) is 439 cm³/mol. The second-order valence-corrected chi connectivity index (χ2v) is 28.1. The summed E-state index contributed by atoms with van der Waals surface area (Å²) in [4.78, 5) is 27.9. The molecule has 8 aliphatic heterocycles. The van der Waals surface area contributed by atoms with Crippen LogP contribution in [0.4, 0.5) is 0 Å². The lowest BCUT2D eigenvalue weighted by molar-refractivity contribution is -0.409. The molecule has 560 valence electrons. The van der Waals surface area contributed by atoms with E-state index in [-0.39, 0.29) is 0 Å². The molecule has 4 fully saturated rings. The van der Waals surface area contributed by atoms with Crippen LogP contribution in [0.2, 0.25) is 0 Å². The SMILES string of the molecule is C1COCCO1.C1COCCO1.C1COCCO1.C1COCCO1.c1ccc(-c2c3c(c(-c4ccccc4)c4ccccc24)[C@@]2(c4ccccc4)OO[C@]3(c3ccccc3)c3ccccc32)cc1.c1ccc(-c2c3c(c(-c4ccccc4)c4ccccc24)[C@@]2(c4ccccc4)OO[C@]3(c3ccccc3)c3ccccc32)cc1. The van der Waals surface area contributed by atoms with E-state index in [4.69, 9.17) is 57.4 Å². The molecule has 4 saturated heterocycles. The van der Waals surface area contributed by atoms with Crippen LogP contribution in [0.1, 0.15) is 66.8 Å². The third kappa shape index (κ3) is 13.8. The largest absolute Gasteiger partial charge is 0.377 e. The second-order valence-electron chi connectivity index (χ2n) is 28.1. The lowest BCUT2D eigenvalue weighted by Crippen LogP contribution is -2.54. The zero-order valence-corrected chi connectivity index (χ0v) is 62.5. The number of hydrogen-bond acceptors (Lipinski definition) is 12. The monoisotopic (exact) mass is 1480 g/mol. The molecular weight excluding hydrogens is 1390 g/mol. The minimum Gasteiger partial charge on any atom is -0.377 e. The molecule has 0 saturated carbocycles. The molecule has 2 aliphatic carbocycles. The Morgan fingerprint density at radius 3 is 0.455 bits per heavy atom. The van der Waals surface area contributed by atoms with Crippen molar-refractivity contribution in [2.24, 2.45) is 0 Å². The third-order valence-electron chi connectivity index (χ3n) is 21.7. The number of benzene rings is 14. The van der Waals surface area contributed by atoms with Crippen molar-refractivity contribution >= 4 is 21.5 Å². The van der Waals surface area contributed by atoms with Gasteiger partial charge in [0, 0.05) is 44.5 Å². The average molecular weight is 1480 g/mol. The number of ether oxygens (including phenoxy) is 8. The van der Waals surface area contributed by atoms with Gasteiger partial charge in [-0.2, -0.15) is 0 Å². The number of rotatable bonds is 8. The van der Waals surface area contributed by atoms with Gasteiger partial charge in [0.25, 0.3) is 0 Å². The van der Waals surface area contributed by atoms with Gasteiger partial charge in [0.1, 0.15) is 0 Å². The highest BCUT2D eigenvalue weighted by Gasteiger charge is 2.65. The van der Waals surface area contributed by atoms with Crippen molar-refractivity contribution in [3.8, 4) is 44.5 Å². The first-order chi connectivity index (χ1) is 55.7. The Hall–Kier alpha value is -10.9. The number of hydrogen-bond donors (Lipinski definition) is 0. The maximum Gasteiger partial charge on any atom is 0.180 e. The molecule has 8 heterocycles. The van der Waals surface area contributed by atoms with Gasteiger partial charge in [0.2, 0.25) is 0 Å². The summed E-state index contributed by atoms with van der Waals surface area (Å²) in [5, 5.41) is 4.74. The van der Waals surface area contributed by atoms with Crippen molar-refractivity contribution in [1.82, 2.24) is 0 Å². The summed E-state index contributed by atoms with van der Waals surface area (Å²) in [7, 11) is 0. The van der Waals surface area contributed by atoms with Gasteiger partial charge in [-0.15, -0.1) is 0 Å². The van der Waals surface area contributed by atoms with Crippen LogP contribution in [-0.2, 0) is 79.8 Å². The molecule has 112 heavy (non-hydrogen) atoms. The summed E-state index contributed by atoms with van der Waals surface area (Å²) >= 11 is 0. The molecule has 4 bridgehead atoms. The molecule has 12 heteroatoms. The van der Waals surface area contributed by atoms with Crippen molar-refractivity contribution in [3.63, 3.8) is 0 Å². The zero-order chi connectivity index (χ0) is 75.3. The van der Waals surface area contributed by atoms with E-state index in [1.807, 2.05) is 0 Å². The van der Waals surface area contributed by atoms with Crippen LogP contribution in [0.3, 0.4) is 0 Å². The summed E-state index contributed by atoms with van der Waals surface area (Å²) in [5.74, 6) is 0. The molecule has 0 radical (unpaired) electrons. The van der Waals surface area contributed by atoms with Gasteiger partial charge in [0.05, 0.1) is 106 Å². The van der Waals surface area contributed by atoms with Crippen molar-refractivity contribution in [1.29, 1.82) is 0 Å². The minimum atomic E-state index is -1.01. The summed E-state index contributed by atoms with van der Waals surface area (Å²) in [5.41, 5.74) is 18.2. The Morgan fingerprint density at radius 1 is 0.152 bits per heavy atom. The fraction of sp³-hybridized carbons (Fsp3) is 0.200. The maximum absolute atomic E-state index is 6.96. The third-order valence-corrected chi connectivity index (χ3v) is 21.7. The second kappa shape index (κ2) is 34.4. The molecule has 0 unspecified atom stereocenters. The van der Waals surface area contributed by atoms with E-state index in [1.165, 1.54) is 21.5 Å². The Morgan fingerprint density at radius 2 is 0.295 bits per heavy atom. The van der Waals surface area contributed by atoms with Crippen LogP contribution in [0.25, 0.3) is 66.1 Å². The Labute approximate surface area is 654 Å². The highest BCUT2D eigenvalue weighted by Crippen LogP contribution is 2.68. The summed E-state index contributed by atoms with van der Waals surface area (Å²) in [6.07, 6.45) is 0. The van der Waals surface area contributed by atoms with Gasteiger partial charge < -0.3 is 37.9 Å². The van der Waals surface area contributed by atoms with Crippen LogP contribution in [-0.4, -0.2) is 106 Å². The molecule has 0 spiro atoms. The van der Waals surface area contributed by atoms with Crippen LogP contribution in [0, 0.1) is 0 Å². The maximum atomic E-state index is 6.96. The minimum absolute atomic E-state index is 0.778. The first kappa shape index (κ1) is 73.9. The lowest BCUT2D eigenvalue weighted by atomic mass is 9.59. The smallest absolute Gasteiger partial charge is 0.180 e. The highest BCUT2D eigenvalue weighted by molar-refractivity contribution is 6.11. The van der Waals surface area contributed by atoms with Crippen molar-refractivity contribution < 1.29 is 57.4 Å². The van der Waals surface area contributed by atoms with Crippen molar-refractivity contribution in [2.45, 2.75) is 22.4 Å². The average Bonchev–Trinajstić information content (AvgIpc) is 0.660. The van der Waals surface area contributed by atoms with E-state index in [1.54, 1.807) is 0 Å². The standard InChI is InChI=1S/2C42H28O2.4C4H8O2/c2*1-5-17-29(18-6-1)37-33-25-13-14-26-34(33)38(30-19-7-2-8-20-30)40-39(37)41(31-21-9-3-10-22-31)35-27-15-16-28-36(35)42(40,44-43-41)32-23-11-4-12-24-32;4*1-2-6-4-3-5-1/h2*1-28H;4*1-4H2/t2*41-,42+;;;;. The molecule has 24 rings (SSSR count). The lowest BCUT2D eigenvalue weighted by Gasteiger charge is -2.55. The zero-order valence-electron chi connectivity index (χ0n) is 62.5. The van der Waals surface area contributed by atoms with Crippen LogP contribution < -0.4 is 0 Å². The highest BCUT2D eigenvalue weighted by atomic mass is 17.2. The van der Waals surface area contributed by atoms with Gasteiger partial charge in [-0.25, -0.2) is 19.6 Å². The van der Waals surface area contributed by atoms with E-state index < -0.39 is 22.4 Å². The summed E-state index contributed by atoms with van der Waals surface area (Å²) in [6, 6.07) is 120. The molecule has 12 nitrogen and oxygen atoms in total. The molecule has 0 amide bonds. The van der Waals surface area contributed by atoms with Crippen LogP contribution in [0.5, 0.6) is 0 Å². The van der Waals surface area contributed by atoms with Crippen molar-refractivity contribution in [3.05, 3.63) is 406 Å². The first-order valence-electron chi connectivity index (χ1n) is 38.9. The van der Waals surface area contributed by atoms with Gasteiger partial charge in [-0.1, -0.05) is 340 Å². The first-order valence-corrected chi connectivity index (χ1v) is 38.9. The van der Waals surface area contributed by atoms with E-state index >= 15 is 0 Å². The molecule has 14 aromatic rings. The normalized spacial score (nSPS) is 20.7. The molecule has 10 aliphatic rings. The van der Waals surface area contributed by atoms with Gasteiger partial charge in [-0.3, -0.25) is 0 Å². The van der Waals surface area contributed by atoms with E-state index in [0.29, 0.717) is 0 Å². The van der Waals surface area contributed by atoms with Gasteiger partial charge >= 0.3 is 0 Å². The molecule has 14 aromatic carbocycles. The number of fused-ring (bicyclic) bond motifs is 4. The van der Waals surface area contributed by atoms with Crippen molar-refractivity contribution in [2.75, 3.05) is 106 Å². The quantitative estimate of drug-likeness (QED) is 0.135. The van der Waals surface area contributed by atoms with Gasteiger partial charge in [0.15, 0.2) is 22.4 Å². The predicted octanol–water partition coefficient (Wildman–Crippen LogP) is 20.2. The summed E-state index contributed by atoms with van der Waals surface area (Å²) in [6.45, 7) is 12.4. The summed E-state index contributed by atoms with van der Waals surface area (Å²) < 4.78 is 39.6. The van der Waals surface area contributed by atoms with E-state index in [0.717, 1.165) is 217 Å². The fourth-order valence-corrected chi connectivity index (χ4v) is 17.1. The molecular formula is C100H88O12. The molecule has 0 aromatic heterocycles. The molecule has 0 N–H and O–H groups in total. The van der Waals surface area contributed by atoms with E-state index in [9.17, 15) is 0 Å². The topological polar surface area (TPSA) is 111 Å². The Balaban J connectivity index is 0.000000125. The van der Waals surface area contributed by atoms with Crippen LogP contribution >= 0.6 is 0 Å². The van der Waals surface area contributed by atoms with Gasteiger partial charge in [-0.05, 0) is 88.3 Å². The van der Waals surface area contributed by atoms with E-state index in [2.05, 4.69) is 340 Å². The Kier molecular flexibility index (Phi) is 22.7. The Bertz CT molecular complexity index is 4710. The molecule has 4 atom stereocenters.